The lowest BCUT2D eigenvalue weighted by molar-refractivity contribution is 1.35. The molecule has 9 heavy (non-hydrogen) atoms. The van der Waals surface area contributed by atoms with E-state index in [9.17, 15) is 0 Å². The van der Waals surface area contributed by atoms with E-state index in [2.05, 4.69) is 25.9 Å². The van der Waals surface area contributed by atoms with Gasteiger partial charge in [0.05, 0.1) is 5.57 Å². The van der Waals surface area contributed by atoms with Crippen molar-refractivity contribution in [2.75, 3.05) is 0 Å². The van der Waals surface area contributed by atoms with E-state index < -0.39 is 0 Å². The van der Waals surface area contributed by atoms with Crippen molar-refractivity contribution in [3.8, 4) is 0 Å². The van der Waals surface area contributed by atoms with Crippen LogP contribution in [0.3, 0.4) is 0 Å². The first-order chi connectivity index (χ1) is 4.43. The maximum absolute atomic E-state index is 3.82. The monoisotopic (exact) mass is 184 g/mol. The van der Waals surface area contributed by atoms with Crippen molar-refractivity contribution < 1.29 is 0 Å². The van der Waals surface area contributed by atoms with E-state index in [1.165, 1.54) is 6.34 Å². The number of hydrogen-bond donors (Lipinski definition) is 0. The first kappa shape index (κ1) is 6.42. The van der Waals surface area contributed by atoms with E-state index in [1.54, 1.807) is 17.4 Å². The topological polar surface area (TPSA) is 26.5 Å². The molecule has 2 nitrogen and oxygen atoms in total. The fourth-order valence-electron chi connectivity index (χ4n) is 0.469. The van der Waals surface area contributed by atoms with Crippen LogP contribution in [-0.4, -0.2) is 12.6 Å². The summed E-state index contributed by atoms with van der Waals surface area (Å²) in [6.45, 7) is 0. The molecule has 1 aliphatic heterocycles. The number of allylic oxidation sites excluding steroid dienone is 2. The molecule has 3 heteroatoms. The maximum Gasteiger partial charge on any atom is 0.326 e. The third-order valence-corrected chi connectivity index (χ3v) is 1.10. The second-order valence-corrected chi connectivity index (χ2v) is 1.99. The number of hydrogen-bond acceptors (Lipinski definition) is 2. The Kier molecular flexibility index (Phi) is 2.39. The molecule has 0 amide bonds. The fraction of sp³-hybridized carbons (Fsp3) is 0. The average molecular weight is 185 g/mol. The summed E-state index contributed by atoms with van der Waals surface area (Å²) in [6, 6.07) is 0. The van der Waals surface area contributed by atoms with Crippen LogP contribution in [-0.2, 0) is 0 Å². The molecule has 0 saturated heterocycles. The third-order valence-electron chi connectivity index (χ3n) is 0.836. The fourth-order valence-corrected chi connectivity index (χ4v) is 0.775. The first-order valence-electron chi connectivity index (χ1n) is 2.45. The molecular weight excluding hydrogens is 180 g/mol. The van der Waals surface area contributed by atoms with Gasteiger partial charge in [-0.2, -0.15) is 0 Å². The third kappa shape index (κ3) is 1.93. The van der Waals surface area contributed by atoms with Crippen molar-refractivity contribution in [2.24, 2.45) is 4.99 Å². The number of rotatable bonds is 1. The molecule has 1 heterocycles. The van der Waals surface area contributed by atoms with Gasteiger partial charge in [-0.1, -0.05) is 25.9 Å². The lowest BCUT2D eigenvalue weighted by atomic mass is 10.3. The molecule has 0 spiro atoms. The van der Waals surface area contributed by atoms with Crippen molar-refractivity contribution in [1.29, 1.82) is 0 Å². The van der Waals surface area contributed by atoms with E-state index in [4.69, 9.17) is 0 Å². The molecule has 0 N–H and O–H groups in total. The summed E-state index contributed by atoms with van der Waals surface area (Å²) in [5.41, 5.74) is 0.995. The number of halogens is 1. The lowest BCUT2D eigenvalue weighted by Crippen LogP contribution is -1.92. The largest absolute Gasteiger partial charge is 0.326 e. The van der Waals surface area contributed by atoms with Crippen LogP contribution >= 0.6 is 15.9 Å². The zero-order chi connectivity index (χ0) is 6.53. The Morgan fingerprint density at radius 3 is 3.11 bits per heavy atom. The van der Waals surface area contributed by atoms with E-state index in [-0.39, 0.29) is 0 Å². The minimum absolute atomic E-state index is 0.995. The molecule has 0 saturated carbocycles. The van der Waals surface area contributed by atoms with Gasteiger partial charge in [0, 0.05) is 0 Å². The average Bonchev–Trinajstić information content (AvgIpc) is 1.91. The standard InChI is InChI=1S/C6H5BrN2/c7-2-1-6-3-8-5-9-4-6/h1-5H/q+1. The normalized spacial score (nSPS) is 16.8. The van der Waals surface area contributed by atoms with Gasteiger partial charge < -0.3 is 0 Å². The van der Waals surface area contributed by atoms with Crippen LogP contribution in [0.1, 0.15) is 0 Å². The van der Waals surface area contributed by atoms with Crippen LogP contribution in [0, 0.1) is 0 Å². The van der Waals surface area contributed by atoms with Crippen molar-refractivity contribution in [2.45, 2.75) is 0 Å². The molecule has 0 aromatic rings. The van der Waals surface area contributed by atoms with Gasteiger partial charge in [0.2, 0.25) is 0 Å². The van der Waals surface area contributed by atoms with E-state index in [0.29, 0.717) is 0 Å². The molecule has 0 bridgehead atoms. The van der Waals surface area contributed by atoms with E-state index in [1.807, 2.05) is 6.08 Å². The minimum atomic E-state index is 0.995. The van der Waals surface area contributed by atoms with Crippen molar-refractivity contribution in [3.63, 3.8) is 0 Å². The highest BCUT2D eigenvalue weighted by Gasteiger charge is 1.95. The second-order valence-electron chi connectivity index (χ2n) is 1.46. The summed E-state index contributed by atoms with van der Waals surface area (Å²) in [5, 5.41) is 0. The molecular formula is C6H5BrN2+. The Balaban J connectivity index is 2.72. The molecule has 0 aromatic heterocycles. The highest BCUT2D eigenvalue weighted by Crippen LogP contribution is 1.95. The van der Waals surface area contributed by atoms with Gasteiger partial charge in [0.1, 0.15) is 0 Å². The molecule has 45 valence electrons. The van der Waals surface area contributed by atoms with Gasteiger partial charge in [-0.25, -0.2) is 0 Å². The van der Waals surface area contributed by atoms with Crippen LogP contribution in [0.15, 0.2) is 27.8 Å². The Bertz CT molecular complexity index is 201. The predicted molar refractivity (Wildman–Crippen MR) is 42.8 cm³/mol. The lowest BCUT2D eigenvalue weighted by Gasteiger charge is -1.81. The second kappa shape index (κ2) is 3.35. The van der Waals surface area contributed by atoms with Crippen LogP contribution in [0.2, 0.25) is 0 Å². The van der Waals surface area contributed by atoms with Gasteiger partial charge in [-0.05, 0) is 11.1 Å². The molecule has 1 aliphatic rings. The zero-order valence-corrected chi connectivity index (χ0v) is 6.25. The van der Waals surface area contributed by atoms with Crippen molar-refractivity contribution in [1.82, 2.24) is 4.99 Å². The Morgan fingerprint density at radius 1 is 1.67 bits per heavy atom. The van der Waals surface area contributed by atoms with Gasteiger partial charge in [0.15, 0.2) is 12.4 Å². The minimum Gasteiger partial charge on any atom is -0.0595 e. The number of aliphatic imine (C=N–C) groups is 2. The van der Waals surface area contributed by atoms with E-state index in [0.717, 1.165) is 5.57 Å². The first-order valence-corrected chi connectivity index (χ1v) is 3.37. The Labute approximate surface area is 61.8 Å². The van der Waals surface area contributed by atoms with Gasteiger partial charge >= 0.3 is 6.34 Å². The highest BCUT2D eigenvalue weighted by molar-refractivity contribution is 9.11. The summed E-state index contributed by atoms with van der Waals surface area (Å²) in [7, 11) is 0. The zero-order valence-electron chi connectivity index (χ0n) is 4.66. The molecule has 0 unspecified atom stereocenters. The molecule has 0 aliphatic carbocycles. The van der Waals surface area contributed by atoms with E-state index >= 15 is 0 Å². The molecule has 1 rings (SSSR count). The Hall–Kier alpha value is -0.700. The van der Waals surface area contributed by atoms with Crippen molar-refractivity contribution in [3.05, 3.63) is 22.8 Å². The summed E-state index contributed by atoms with van der Waals surface area (Å²) in [6.07, 6.45) is 6.86. The van der Waals surface area contributed by atoms with Crippen LogP contribution in [0.25, 0.3) is 0 Å². The molecule has 0 atom stereocenters. The van der Waals surface area contributed by atoms with Crippen LogP contribution in [0.5, 0.6) is 0 Å². The highest BCUT2D eigenvalue weighted by atomic mass is 79.9. The molecule has 0 aromatic carbocycles. The van der Waals surface area contributed by atoms with Gasteiger partial charge in [0.25, 0.3) is 0 Å². The molecule has 1 radical (unpaired) electrons. The smallest absolute Gasteiger partial charge is 0.0595 e. The SMILES string of the molecule is BrC=CC1=C[N+]=CN=C1. The summed E-state index contributed by atoms with van der Waals surface area (Å²) in [5.74, 6) is 0. The molecule has 0 fully saturated rings. The quantitative estimate of drug-likeness (QED) is 0.587. The van der Waals surface area contributed by atoms with Gasteiger partial charge in [-0.3, -0.25) is 0 Å². The maximum atomic E-state index is 3.82. The summed E-state index contributed by atoms with van der Waals surface area (Å²) in [4.78, 5) is 9.41. The summed E-state index contributed by atoms with van der Waals surface area (Å²) >= 11 is 3.15. The number of nitrogens with zero attached hydrogens (tertiary/aromatic N) is 2. The predicted octanol–water partition coefficient (Wildman–Crippen LogP) is 1.23. The summed E-state index contributed by atoms with van der Waals surface area (Å²) < 4.78 is 0. The van der Waals surface area contributed by atoms with Crippen molar-refractivity contribution >= 4 is 28.5 Å². The Morgan fingerprint density at radius 2 is 2.56 bits per heavy atom. The van der Waals surface area contributed by atoms with Crippen LogP contribution in [0.4, 0.5) is 0 Å². The van der Waals surface area contributed by atoms with Gasteiger partial charge in [-0.15, -0.1) is 0 Å². The van der Waals surface area contributed by atoms with Crippen LogP contribution < -0.4 is 4.99 Å².